The van der Waals surface area contributed by atoms with E-state index in [2.05, 4.69) is 41.3 Å². The average molecular weight is 333 g/mol. The van der Waals surface area contributed by atoms with E-state index in [9.17, 15) is 4.79 Å². The van der Waals surface area contributed by atoms with E-state index in [1.54, 1.807) is 23.0 Å². The molecule has 0 aliphatic carbocycles. The molecule has 0 aliphatic heterocycles. The van der Waals surface area contributed by atoms with Crippen LogP contribution in [0.5, 0.6) is 0 Å². The van der Waals surface area contributed by atoms with Gasteiger partial charge in [-0.15, -0.1) is 0 Å². The van der Waals surface area contributed by atoms with Crippen LogP contribution in [0.15, 0.2) is 24.3 Å². The first-order chi connectivity index (χ1) is 7.43. The summed E-state index contributed by atoms with van der Waals surface area (Å²) >= 11 is 1.56. The predicted molar refractivity (Wildman–Crippen MR) is 72.5 cm³/mol. The summed E-state index contributed by atoms with van der Waals surface area (Å²) in [5, 5.41) is 2.64. The van der Waals surface area contributed by atoms with Crippen molar-refractivity contribution in [2.24, 2.45) is 0 Å². The number of carbonyl (C=O) groups is 1. The van der Waals surface area contributed by atoms with Crippen LogP contribution in [0.4, 0.5) is 4.79 Å². The Labute approximate surface area is 110 Å². The zero-order chi connectivity index (χ0) is 12.2. The zero-order valence-corrected chi connectivity index (χ0v) is 11.9. The Morgan fingerprint density at radius 1 is 1.31 bits per heavy atom. The molecule has 0 saturated carbocycles. The number of benzene rings is 1. The van der Waals surface area contributed by atoms with Crippen molar-refractivity contribution in [3.63, 3.8) is 0 Å². The van der Waals surface area contributed by atoms with Gasteiger partial charge in [-0.25, -0.2) is 4.79 Å². The molecular weight excluding hydrogens is 317 g/mol. The summed E-state index contributed by atoms with van der Waals surface area (Å²) < 4.78 is 4.47. The van der Waals surface area contributed by atoms with E-state index < -0.39 is 6.09 Å². The van der Waals surface area contributed by atoms with Gasteiger partial charge in [-0.1, -0.05) is 45.0 Å². The van der Waals surface area contributed by atoms with E-state index in [-0.39, 0.29) is 5.41 Å². The molecule has 0 saturated heterocycles. The molecule has 1 aromatic carbocycles. The Bertz CT molecular complexity index is 354. The van der Waals surface area contributed by atoms with Crippen LogP contribution in [0.25, 0.3) is 0 Å². The molecule has 0 aliphatic rings. The van der Waals surface area contributed by atoms with Crippen LogP contribution in [-0.4, -0.2) is 6.09 Å². The number of nitrogens with one attached hydrogen (secondary N) is 1. The van der Waals surface area contributed by atoms with Crippen LogP contribution in [0, 0.1) is 0 Å². The van der Waals surface area contributed by atoms with Gasteiger partial charge in [0.25, 0.3) is 0 Å². The zero-order valence-electron chi connectivity index (χ0n) is 9.71. The molecule has 4 heteroatoms. The second-order valence-corrected chi connectivity index (χ2v) is 5.11. The lowest BCUT2D eigenvalue weighted by Gasteiger charge is -2.19. The normalized spacial score (nSPS) is 11.0. The van der Waals surface area contributed by atoms with Crippen molar-refractivity contribution in [2.45, 2.75) is 32.7 Å². The second kappa shape index (κ2) is 5.52. The van der Waals surface area contributed by atoms with E-state index >= 15 is 0 Å². The van der Waals surface area contributed by atoms with Gasteiger partial charge in [-0.3, -0.25) is 0 Å². The van der Waals surface area contributed by atoms with Crippen molar-refractivity contribution < 1.29 is 7.86 Å². The van der Waals surface area contributed by atoms with Gasteiger partial charge in [0.1, 0.15) is 0 Å². The third kappa shape index (κ3) is 4.00. The number of amides is 1. The van der Waals surface area contributed by atoms with Crippen molar-refractivity contribution in [3.05, 3.63) is 35.4 Å². The minimum Gasteiger partial charge on any atom is -0.378 e. The standard InChI is InChI=1S/C12H16INO2/c1-12(2,3)10-6-4-9(5-7-10)8-14-11(15)16-13/h4-7H,8H2,1-3H3,(H,14,15). The fourth-order valence-electron chi connectivity index (χ4n) is 1.32. The van der Waals surface area contributed by atoms with Gasteiger partial charge in [0, 0.05) is 6.54 Å². The molecule has 0 radical (unpaired) electrons. The summed E-state index contributed by atoms with van der Waals surface area (Å²) in [7, 11) is 0. The van der Waals surface area contributed by atoms with E-state index in [0.29, 0.717) is 6.54 Å². The molecule has 1 aromatic rings. The smallest absolute Gasteiger partial charge is 0.378 e. The topological polar surface area (TPSA) is 38.3 Å². The third-order valence-corrected chi connectivity index (χ3v) is 2.73. The highest BCUT2D eigenvalue weighted by Gasteiger charge is 2.12. The number of hydrogen-bond donors (Lipinski definition) is 1. The van der Waals surface area contributed by atoms with Crippen LogP contribution in [-0.2, 0) is 15.0 Å². The molecule has 88 valence electrons. The van der Waals surface area contributed by atoms with Gasteiger partial charge in [0.15, 0.2) is 23.0 Å². The lowest BCUT2D eigenvalue weighted by Crippen LogP contribution is -2.20. The lowest BCUT2D eigenvalue weighted by atomic mass is 9.87. The summed E-state index contributed by atoms with van der Waals surface area (Å²) in [5.74, 6) is 0. The van der Waals surface area contributed by atoms with Gasteiger partial charge in [0.05, 0.1) is 0 Å². The lowest BCUT2D eigenvalue weighted by molar-refractivity contribution is 0.214. The second-order valence-electron chi connectivity index (χ2n) is 4.67. The molecule has 0 aromatic heterocycles. The molecule has 0 heterocycles. The van der Waals surface area contributed by atoms with Gasteiger partial charge in [-0.2, -0.15) is 0 Å². The SMILES string of the molecule is CC(C)(C)c1ccc(CNC(=O)OI)cc1. The summed E-state index contributed by atoms with van der Waals surface area (Å²) in [5.41, 5.74) is 2.51. The molecule has 0 fully saturated rings. The first kappa shape index (κ1) is 13.3. The molecule has 3 nitrogen and oxygen atoms in total. The van der Waals surface area contributed by atoms with Crippen molar-refractivity contribution in [3.8, 4) is 0 Å². The summed E-state index contributed by atoms with van der Waals surface area (Å²) in [6.07, 6.45) is -0.416. The van der Waals surface area contributed by atoms with Crippen LogP contribution < -0.4 is 5.32 Å². The first-order valence-electron chi connectivity index (χ1n) is 5.09. The Kier molecular flexibility index (Phi) is 4.58. The molecule has 0 spiro atoms. The molecular formula is C12H16INO2. The number of rotatable bonds is 2. The first-order valence-corrected chi connectivity index (χ1v) is 5.97. The molecule has 0 atom stereocenters. The molecule has 16 heavy (non-hydrogen) atoms. The molecule has 1 rings (SSSR count). The molecule has 0 bridgehead atoms. The monoisotopic (exact) mass is 333 g/mol. The highest BCUT2D eigenvalue weighted by atomic mass is 127. The van der Waals surface area contributed by atoms with E-state index in [1.165, 1.54) is 5.56 Å². The fourth-order valence-corrected chi connectivity index (χ4v) is 1.48. The maximum atomic E-state index is 10.9. The Balaban J connectivity index is 2.62. The largest absolute Gasteiger partial charge is 0.416 e. The van der Waals surface area contributed by atoms with E-state index in [1.807, 2.05) is 12.1 Å². The quantitative estimate of drug-likeness (QED) is 0.841. The van der Waals surface area contributed by atoms with Crippen LogP contribution in [0.1, 0.15) is 31.9 Å². The van der Waals surface area contributed by atoms with Gasteiger partial charge in [-0.05, 0) is 16.5 Å². The minimum absolute atomic E-state index is 0.160. The van der Waals surface area contributed by atoms with Crippen molar-refractivity contribution in [2.75, 3.05) is 0 Å². The van der Waals surface area contributed by atoms with Crippen LogP contribution in [0.3, 0.4) is 0 Å². The number of hydrogen-bond acceptors (Lipinski definition) is 2. The maximum absolute atomic E-state index is 10.9. The molecule has 1 N–H and O–H groups in total. The number of halogens is 1. The van der Waals surface area contributed by atoms with Gasteiger partial charge < -0.3 is 8.38 Å². The van der Waals surface area contributed by atoms with Crippen molar-refractivity contribution in [1.82, 2.24) is 5.32 Å². The number of carbonyl (C=O) groups excluding carboxylic acids is 1. The average Bonchev–Trinajstić information content (AvgIpc) is 2.25. The Morgan fingerprint density at radius 2 is 1.88 bits per heavy atom. The summed E-state index contributed by atoms with van der Waals surface area (Å²) in [4.78, 5) is 10.9. The summed E-state index contributed by atoms with van der Waals surface area (Å²) in [6, 6.07) is 8.22. The third-order valence-electron chi connectivity index (χ3n) is 2.33. The highest BCUT2D eigenvalue weighted by molar-refractivity contribution is 14.1. The fraction of sp³-hybridized carbons (Fsp3) is 0.417. The van der Waals surface area contributed by atoms with Gasteiger partial charge in [0.2, 0.25) is 0 Å². The van der Waals surface area contributed by atoms with Crippen LogP contribution >= 0.6 is 23.0 Å². The Hall–Kier alpha value is -0.780. The van der Waals surface area contributed by atoms with E-state index in [0.717, 1.165) is 5.56 Å². The highest BCUT2D eigenvalue weighted by Crippen LogP contribution is 2.22. The molecule has 1 amide bonds. The summed E-state index contributed by atoms with van der Waals surface area (Å²) in [6.45, 7) is 7.02. The van der Waals surface area contributed by atoms with Crippen LogP contribution in [0.2, 0.25) is 0 Å². The van der Waals surface area contributed by atoms with Crippen molar-refractivity contribution >= 4 is 29.1 Å². The molecule has 0 unspecified atom stereocenters. The predicted octanol–water partition coefficient (Wildman–Crippen LogP) is 3.56. The van der Waals surface area contributed by atoms with Gasteiger partial charge >= 0.3 is 6.09 Å². The van der Waals surface area contributed by atoms with E-state index in [4.69, 9.17) is 0 Å². The van der Waals surface area contributed by atoms with Crippen molar-refractivity contribution in [1.29, 1.82) is 0 Å². The minimum atomic E-state index is -0.416. The Morgan fingerprint density at radius 3 is 2.31 bits per heavy atom. The maximum Gasteiger partial charge on any atom is 0.416 e.